The molecule has 0 aliphatic carbocycles. The quantitative estimate of drug-likeness (QED) is 0.813. The van der Waals surface area contributed by atoms with Crippen molar-refractivity contribution in [2.75, 3.05) is 20.3 Å². The Labute approximate surface area is 121 Å². The number of hydrogen-bond acceptors (Lipinski definition) is 4. The first kappa shape index (κ1) is 16.5. The first-order valence-corrected chi connectivity index (χ1v) is 6.88. The number of benzene rings is 1. The summed E-state index contributed by atoms with van der Waals surface area (Å²) in [5.74, 6) is 0.497. The summed E-state index contributed by atoms with van der Waals surface area (Å²) >= 11 is 0. The van der Waals surface area contributed by atoms with Crippen molar-refractivity contribution in [3.63, 3.8) is 0 Å². The molecule has 0 fully saturated rings. The van der Waals surface area contributed by atoms with Crippen LogP contribution >= 0.6 is 0 Å². The molecule has 1 aromatic carbocycles. The Bertz CT molecular complexity index is 485. The van der Waals surface area contributed by atoms with Crippen LogP contribution in [-0.4, -0.2) is 31.8 Å². The van der Waals surface area contributed by atoms with Gasteiger partial charge in [0.05, 0.1) is 7.11 Å². The zero-order valence-corrected chi connectivity index (χ0v) is 13.3. The summed E-state index contributed by atoms with van der Waals surface area (Å²) in [6.07, 6.45) is 0. The van der Waals surface area contributed by atoms with Crippen LogP contribution in [-0.2, 0) is 9.53 Å². The van der Waals surface area contributed by atoms with Crippen molar-refractivity contribution in [2.45, 2.75) is 40.2 Å². The maximum Gasteiger partial charge on any atom is 0.329 e. The smallest absolute Gasteiger partial charge is 0.329 e. The molecule has 0 aromatic heterocycles. The fraction of sp³-hybridized carbons (Fsp3) is 0.562. The van der Waals surface area contributed by atoms with Crippen LogP contribution in [0.5, 0.6) is 5.75 Å². The molecule has 0 bridgehead atoms. The number of aryl methyl sites for hydroxylation is 2. The third kappa shape index (κ3) is 3.73. The molecule has 0 aliphatic heterocycles. The molecule has 112 valence electrons. The van der Waals surface area contributed by atoms with Crippen LogP contribution in [0.3, 0.4) is 0 Å². The summed E-state index contributed by atoms with van der Waals surface area (Å²) in [5, 5.41) is 3.13. The van der Waals surface area contributed by atoms with E-state index in [-0.39, 0.29) is 12.6 Å². The maximum absolute atomic E-state index is 11.9. The van der Waals surface area contributed by atoms with Gasteiger partial charge in [0.1, 0.15) is 17.9 Å². The van der Waals surface area contributed by atoms with E-state index < -0.39 is 5.54 Å². The average Bonchev–Trinajstić information content (AvgIpc) is 2.40. The highest BCUT2D eigenvalue weighted by Crippen LogP contribution is 2.24. The van der Waals surface area contributed by atoms with Crippen LogP contribution in [0.1, 0.15) is 30.5 Å². The molecule has 0 saturated heterocycles. The molecule has 0 amide bonds. The summed E-state index contributed by atoms with van der Waals surface area (Å²) in [6.45, 7) is 10.7. The van der Waals surface area contributed by atoms with Crippen molar-refractivity contribution in [3.05, 3.63) is 28.8 Å². The second-order valence-electron chi connectivity index (χ2n) is 5.35. The normalized spacial score (nSPS) is 13.7. The Morgan fingerprint density at radius 1 is 1.30 bits per heavy atom. The van der Waals surface area contributed by atoms with Gasteiger partial charge in [0.2, 0.25) is 0 Å². The minimum atomic E-state index is -0.840. The van der Waals surface area contributed by atoms with Gasteiger partial charge in [-0.15, -0.1) is 0 Å². The van der Waals surface area contributed by atoms with Crippen molar-refractivity contribution < 1.29 is 14.3 Å². The van der Waals surface area contributed by atoms with E-state index in [0.717, 1.165) is 16.9 Å². The van der Waals surface area contributed by atoms with E-state index in [1.165, 1.54) is 12.7 Å². The van der Waals surface area contributed by atoms with E-state index in [9.17, 15) is 4.79 Å². The molecule has 4 nitrogen and oxygen atoms in total. The number of hydrogen-bond donors (Lipinski definition) is 1. The largest absolute Gasteiger partial charge is 0.491 e. The van der Waals surface area contributed by atoms with Gasteiger partial charge in [-0.05, 0) is 57.0 Å². The molecule has 4 heteroatoms. The van der Waals surface area contributed by atoms with Crippen molar-refractivity contribution in [1.29, 1.82) is 0 Å². The summed E-state index contributed by atoms with van der Waals surface area (Å²) < 4.78 is 10.7. The zero-order valence-electron chi connectivity index (χ0n) is 13.3. The van der Waals surface area contributed by atoms with Gasteiger partial charge in [0.15, 0.2) is 0 Å². The first-order valence-electron chi connectivity index (χ1n) is 6.88. The lowest BCUT2D eigenvalue weighted by Crippen LogP contribution is -2.54. The van der Waals surface area contributed by atoms with Gasteiger partial charge in [-0.3, -0.25) is 5.32 Å². The van der Waals surface area contributed by atoms with E-state index in [1.807, 2.05) is 26.8 Å². The fourth-order valence-electron chi connectivity index (χ4n) is 2.17. The standard InChI is InChI=1S/C16H25NO3/c1-7-17-16(5,15(18)19-6)10-20-14-9-11(2)8-12(3)13(14)4/h8-9,17H,7,10H2,1-6H3. The van der Waals surface area contributed by atoms with Crippen molar-refractivity contribution in [1.82, 2.24) is 5.32 Å². The second-order valence-corrected chi connectivity index (χ2v) is 5.35. The number of nitrogens with one attached hydrogen (secondary N) is 1. The van der Waals surface area contributed by atoms with Crippen LogP contribution in [0.4, 0.5) is 0 Å². The maximum atomic E-state index is 11.9. The molecule has 0 spiro atoms. The highest BCUT2D eigenvalue weighted by molar-refractivity contribution is 5.80. The van der Waals surface area contributed by atoms with Gasteiger partial charge >= 0.3 is 5.97 Å². The Hall–Kier alpha value is -1.55. The van der Waals surface area contributed by atoms with Gasteiger partial charge in [-0.2, -0.15) is 0 Å². The van der Waals surface area contributed by atoms with Crippen molar-refractivity contribution >= 4 is 5.97 Å². The van der Waals surface area contributed by atoms with E-state index in [0.29, 0.717) is 6.54 Å². The van der Waals surface area contributed by atoms with Gasteiger partial charge < -0.3 is 9.47 Å². The lowest BCUT2D eigenvalue weighted by atomic mass is 10.0. The number of ether oxygens (including phenoxy) is 2. The fourth-order valence-corrected chi connectivity index (χ4v) is 2.17. The number of esters is 1. The lowest BCUT2D eigenvalue weighted by Gasteiger charge is -2.28. The molecule has 1 aromatic rings. The Kier molecular flexibility index (Phi) is 5.57. The van der Waals surface area contributed by atoms with Crippen LogP contribution in [0.2, 0.25) is 0 Å². The molecule has 1 atom stereocenters. The summed E-state index contributed by atoms with van der Waals surface area (Å²) in [4.78, 5) is 11.9. The van der Waals surface area contributed by atoms with E-state index in [2.05, 4.69) is 18.3 Å². The third-order valence-corrected chi connectivity index (χ3v) is 3.48. The molecular formula is C16H25NO3. The molecule has 0 radical (unpaired) electrons. The molecule has 1 unspecified atom stereocenters. The first-order chi connectivity index (χ1) is 9.34. The Balaban J connectivity index is 2.91. The molecular weight excluding hydrogens is 254 g/mol. The molecule has 0 aliphatic rings. The predicted octanol–water partition coefficient (Wildman–Crippen LogP) is 2.53. The highest BCUT2D eigenvalue weighted by atomic mass is 16.5. The van der Waals surface area contributed by atoms with Crippen LogP contribution in [0, 0.1) is 20.8 Å². The second kappa shape index (κ2) is 6.75. The summed E-state index contributed by atoms with van der Waals surface area (Å²) in [7, 11) is 1.39. The van der Waals surface area contributed by atoms with E-state index in [1.54, 1.807) is 6.92 Å². The van der Waals surface area contributed by atoms with Crippen LogP contribution in [0.15, 0.2) is 12.1 Å². The highest BCUT2D eigenvalue weighted by Gasteiger charge is 2.34. The van der Waals surface area contributed by atoms with Gasteiger partial charge in [0, 0.05) is 0 Å². The van der Waals surface area contributed by atoms with Gasteiger partial charge in [0.25, 0.3) is 0 Å². The SMILES string of the molecule is CCNC(C)(COc1cc(C)cc(C)c1C)C(=O)OC. The summed E-state index contributed by atoms with van der Waals surface area (Å²) in [5.41, 5.74) is 2.59. The average molecular weight is 279 g/mol. The number of methoxy groups -OCH3 is 1. The summed E-state index contributed by atoms with van der Waals surface area (Å²) in [6, 6.07) is 4.11. The minimum absolute atomic E-state index is 0.233. The minimum Gasteiger partial charge on any atom is -0.491 e. The Morgan fingerprint density at radius 2 is 1.95 bits per heavy atom. The van der Waals surface area contributed by atoms with Gasteiger partial charge in [-0.25, -0.2) is 4.79 Å². The molecule has 1 N–H and O–H groups in total. The van der Waals surface area contributed by atoms with E-state index in [4.69, 9.17) is 9.47 Å². The number of carbonyl (C=O) groups is 1. The predicted molar refractivity (Wildman–Crippen MR) is 80.2 cm³/mol. The van der Waals surface area contributed by atoms with E-state index >= 15 is 0 Å². The molecule has 20 heavy (non-hydrogen) atoms. The number of likely N-dealkylation sites (N-methyl/N-ethyl adjacent to an activating group) is 1. The van der Waals surface area contributed by atoms with Crippen molar-refractivity contribution in [3.8, 4) is 5.75 Å². The molecule has 1 rings (SSSR count). The third-order valence-electron chi connectivity index (χ3n) is 3.48. The molecule has 0 saturated carbocycles. The number of rotatable bonds is 6. The molecule has 0 heterocycles. The monoisotopic (exact) mass is 279 g/mol. The van der Waals surface area contributed by atoms with Crippen molar-refractivity contribution in [2.24, 2.45) is 0 Å². The Morgan fingerprint density at radius 3 is 2.50 bits per heavy atom. The van der Waals surface area contributed by atoms with Crippen LogP contribution < -0.4 is 10.1 Å². The number of carbonyl (C=O) groups excluding carboxylic acids is 1. The topological polar surface area (TPSA) is 47.6 Å². The van der Waals surface area contributed by atoms with Gasteiger partial charge in [-0.1, -0.05) is 13.0 Å². The van der Waals surface area contributed by atoms with Crippen LogP contribution in [0.25, 0.3) is 0 Å². The zero-order chi connectivity index (χ0) is 15.3. The lowest BCUT2D eigenvalue weighted by molar-refractivity contribution is -0.149.